The van der Waals surface area contributed by atoms with E-state index in [0.717, 1.165) is 0 Å². The van der Waals surface area contributed by atoms with Crippen LogP contribution in [0.4, 0.5) is 0 Å². The molecule has 0 rings (SSSR count). The van der Waals surface area contributed by atoms with Crippen molar-refractivity contribution in [3.63, 3.8) is 0 Å². The molecule has 6 heteroatoms. The van der Waals surface area contributed by atoms with Gasteiger partial charge in [-0.1, -0.05) is 0 Å². The highest BCUT2D eigenvalue weighted by Crippen LogP contribution is 2.09. The minimum atomic E-state index is -2.58. The maximum atomic E-state index is 10.8. The molecule has 0 aromatic heterocycles. The normalized spacial score (nSPS) is 10.5. The molecule has 0 heterocycles. The highest BCUT2D eigenvalue weighted by Gasteiger charge is 2.28. The number of carbonyl (C=O) groups is 1. The molecular formula is C5H9NO4S. The Bertz CT molecular complexity index is 269. The van der Waals surface area contributed by atoms with Gasteiger partial charge in [0.25, 0.3) is 0 Å². The van der Waals surface area contributed by atoms with E-state index in [2.05, 4.69) is 9.10 Å². The van der Waals surface area contributed by atoms with E-state index in [1.54, 1.807) is 0 Å². The maximum Gasteiger partial charge on any atom is 0.334 e. The van der Waals surface area contributed by atoms with Crippen molar-refractivity contribution in [3.8, 4) is 0 Å². The Morgan fingerprint density at radius 2 is 1.91 bits per heavy atom. The summed E-state index contributed by atoms with van der Waals surface area (Å²) in [5.74, 6) is -0.679. The molecule has 0 unspecified atom stereocenters. The fourth-order valence-corrected chi connectivity index (χ4v) is 0.921. The summed E-state index contributed by atoms with van der Waals surface area (Å²) in [5.41, 5.74) is -1.32. The van der Waals surface area contributed by atoms with Crippen LogP contribution in [0.15, 0.2) is 4.36 Å². The van der Waals surface area contributed by atoms with Crippen molar-refractivity contribution in [2.24, 2.45) is 4.36 Å². The molecule has 0 saturated carbocycles. The van der Waals surface area contributed by atoms with E-state index in [1.807, 2.05) is 0 Å². The lowest BCUT2D eigenvalue weighted by molar-refractivity contribution is -0.145. The smallest absolute Gasteiger partial charge is 0.334 e. The number of rotatable bonds is 2. The van der Waals surface area contributed by atoms with Gasteiger partial charge in [0.1, 0.15) is 0 Å². The quantitative estimate of drug-likeness (QED) is 0.559. The van der Waals surface area contributed by atoms with Crippen LogP contribution in [-0.2, 0) is 20.0 Å². The molecule has 0 fully saturated rings. The van der Waals surface area contributed by atoms with Crippen LogP contribution in [0.3, 0.4) is 0 Å². The molecule has 11 heavy (non-hydrogen) atoms. The molecule has 0 bridgehead atoms. The predicted molar refractivity (Wildman–Crippen MR) is 37.4 cm³/mol. The maximum absolute atomic E-state index is 10.8. The van der Waals surface area contributed by atoms with Gasteiger partial charge in [0.05, 0.1) is 7.11 Å². The Labute approximate surface area is 66.1 Å². The summed E-state index contributed by atoms with van der Waals surface area (Å²) in [6, 6.07) is 0. The molecule has 0 saturated heterocycles. The molecular weight excluding hydrogens is 170 g/mol. The summed E-state index contributed by atoms with van der Waals surface area (Å²) in [5, 5.41) is 0. The molecule has 0 amide bonds. The molecule has 0 N–H and O–H groups in total. The zero-order valence-electron chi connectivity index (χ0n) is 6.49. The summed E-state index contributed by atoms with van der Waals surface area (Å²) in [4.78, 5) is 10.8. The van der Waals surface area contributed by atoms with Gasteiger partial charge in [0, 0.05) is 0 Å². The van der Waals surface area contributed by atoms with Crippen LogP contribution >= 0.6 is 0 Å². The third kappa shape index (κ3) is 3.13. The standard InChI is InChI=1S/C5H9NO4S/c1-5(2,4(7)10-3)6-11(8)9/h1-3H3. The predicted octanol–water partition coefficient (Wildman–Crippen LogP) is 0.000700. The molecule has 0 aromatic carbocycles. The lowest BCUT2D eigenvalue weighted by Crippen LogP contribution is -2.30. The monoisotopic (exact) mass is 179 g/mol. The first kappa shape index (κ1) is 10.1. The Morgan fingerprint density at radius 3 is 2.18 bits per heavy atom. The highest BCUT2D eigenvalue weighted by molar-refractivity contribution is 7.61. The number of carbonyl (C=O) groups excluding carboxylic acids is 1. The molecule has 0 aliphatic heterocycles. The first-order chi connectivity index (χ1) is 4.90. The fraction of sp³-hybridized carbons (Fsp3) is 0.800. The van der Waals surface area contributed by atoms with E-state index in [9.17, 15) is 13.2 Å². The Morgan fingerprint density at radius 1 is 1.45 bits per heavy atom. The lowest BCUT2D eigenvalue weighted by Gasteiger charge is -2.12. The van der Waals surface area contributed by atoms with Crippen molar-refractivity contribution in [1.82, 2.24) is 0 Å². The van der Waals surface area contributed by atoms with Crippen molar-refractivity contribution in [2.75, 3.05) is 7.11 Å². The number of esters is 1. The van der Waals surface area contributed by atoms with Gasteiger partial charge in [-0.15, -0.1) is 0 Å². The first-order valence-corrected chi connectivity index (χ1v) is 3.84. The number of nitrogens with zero attached hydrogens (tertiary/aromatic N) is 1. The summed E-state index contributed by atoms with van der Waals surface area (Å²) >= 11 is 0. The van der Waals surface area contributed by atoms with E-state index in [-0.39, 0.29) is 0 Å². The van der Waals surface area contributed by atoms with Crippen molar-refractivity contribution >= 4 is 16.5 Å². The average molecular weight is 179 g/mol. The van der Waals surface area contributed by atoms with Crippen molar-refractivity contribution < 1.29 is 17.9 Å². The molecule has 0 aliphatic rings. The Balaban J connectivity index is 4.74. The van der Waals surface area contributed by atoms with Crippen molar-refractivity contribution in [2.45, 2.75) is 19.4 Å². The second kappa shape index (κ2) is 3.47. The molecule has 0 radical (unpaired) electrons. The molecule has 0 aliphatic carbocycles. The minimum absolute atomic E-state index is 0.679. The van der Waals surface area contributed by atoms with E-state index >= 15 is 0 Å². The summed E-state index contributed by atoms with van der Waals surface area (Å²) in [7, 11) is -1.41. The molecule has 0 spiro atoms. The van der Waals surface area contributed by atoms with Gasteiger partial charge < -0.3 is 4.74 Å². The summed E-state index contributed by atoms with van der Waals surface area (Å²) < 4.78 is 27.6. The Hall–Kier alpha value is -0.910. The van der Waals surface area contributed by atoms with Gasteiger partial charge >= 0.3 is 16.5 Å². The van der Waals surface area contributed by atoms with Crippen LogP contribution in [-0.4, -0.2) is 27.0 Å². The van der Waals surface area contributed by atoms with Crippen molar-refractivity contribution in [3.05, 3.63) is 0 Å². The van der Waals surface area contributed by atoms with E-state index in [0.29, 0.717) is 0 Å². The average Bonchev–Trinajstić information content (AvgIpc) is 1.83. The van der Waals surface area contributed by atoms with Gasteiger partial charge in [-0.05, 0) is 13.8 Å². The highest BCUT2D eigenvalue weighted by atomic mass is 32.2. The summed E-state index contributed by atoms with van der Waals surface area (Å²) in [6.45, 7) is 2.71. The zero-order valence-corrected chi connectivity index (χ0v) is 7.30. The molecule has 0 atom stereocenters. The summed E-state index contributed by atoms with van der Waals surface area (Å²) in [6.07, 6.45) is 0. The third-order valence-corrected chi connectivity index (χ3v) is 1.59. The SMILES string of the molecule is COC(=O)C(C)(C)N=S(=O)=O. The Kier molecular flexibility index (Phi) is 3.18. The zero-order chi connectivity index (χ0) is 9.07. The molecule has 0 aromatic rings. The number of methoxy groups -OCH3 is 1. The van der Waals surface area contributed by atoms with E-state index < -0.39 is 22.0 Å². The van der Waals surface area contributed by atoms with Crippen LogP contribution in [0.2, 0.25) is 0 Å². The van der Waals surface area contributed by atoms with Gasteiger partial charge in [0.15, 0.2) is 5.54 Å². The van der Waals surface area contributed by atoms with Crippen LogP contribution in [0, 0.1) is 0 Å². The van der Waals surface area contributed by atoms with Crippen LogP contribution in [0.1, 0.15) is 13.8 Å². The van der Waals surface area contributed by atoms with Gasteiger partial charge in [-0.25, -0.2) is 4.79 Å². The van der Waals surface area contributed by atoms with Gasteiger partial charge in [-0.2, -0.15) is 12.8 Å². The van der Waals surface area contributed by atoms with Crippen LogP contribution in [0.5, 0.6) is 0 Å². The van der Waals surface area contributed by atoms with Gasteiger partial charge in [-0.3, -0.25) is 0 Å². The number of ether oxygens (including phenoxy) is 1. The van der Waals surface area contributed by atoms with E-state index in [4.69, 9.17) is 0 Å². The largest absolute Gasteiger partial charge is 0.467 e. The second-order valence-corrected chi connectivity index (χ2v) is 2.98. The molecule has 64 valence electrons. The topological polar surface area (TPSA) is 72.8 Å². The third-order valence-electron chi connectivity index (χ3n) is 0.988. The fourth-order valence-electron chi connectivity index (χ4n) is 0.473. The number of hydrogen-bond acceptors (Lipinski definition) is 5. The van der Waals surface area contributed by atoms with Gasteiger partial charge in [0.2, 0.25) is 0 Å². The molecule has 5 nitrogen and oxygen atoms in total. The lowest BCUT2D eigenvalue weighted by atomic mass is 10.1. The van der Waals surface area contributed by atoms with Crippen LogP contribution in [0.25, 0.3) is 0 Å². The van der Waals surface area contributed by atoms with E-state index in [1.165, 1.54) is 21.0 Å². The second-order valence-electron chi connectivity index (χ2n) is 2.36. The first-order valence-electron chi connectivity index (χ1n) is 2.81. The number of hydrogen-bond donors (Lipinski definition) is 0. The minimum Gasteiger partial charge on any atom is -0.467 e. The van der Waals surface area contributed by atoms with Crippen molar-refractivity contribution in [1.29, 1.82) is 0 Å². The van der Waals surface area contributed by atoms with Crippen LogP contribution < -0.4 is 0 Å².